The molecule has 0 radical (unpaired) electrons. The molecule has 1 atom stereocenters. The van der Waals surface area contributed by atoms with Crippen LogP contribution in [0.25, 0.3) is 0 Å². The molecule has 148 valence electrons. The van der Waals surface area contributed by atoms with Crippen LogP contribution >= 0.6 is 0 Å². The molecule has 3 fully saturated rings. The Morgan fingerprint density at radius 1 is 1.12 bits per heavy atom. The molecule has 0 bridgehead atoms. The third-order valence-corrected chi connectivity index (χ3v) is 6.88. The molecule has 1 saturated heterocycles. The molecule has 1 aliphatic heterocycles. The molecule has 3 aliphatic rings. The fraction of sp³-hybridized carbons (Fsp3) is 0.905. The maximum atomic E-state index is 12.6. The van der Waals surface area contributed by atoms with Gasteiger partial charge in [-0.15, -0.1) is 0 Å². The molecule has 2 N–H and O–H groups in total. The predicted octanol–water partition coefficient (Wildman–Crippen LogP) is 3.30. The van der Waals surface area contributed by atoms with E-state index >= 15 is 0 Å². The number of aliphatic imine (C=N–C) groups is 1. The lowest BCUT2D eigenvalue weighted by Gasteiger charge is -2.26. The first-order valence-corrected chi connectivity index (χ1v) is 11.0. The zero-order valence-electron chi connectivity index (χ0n) is 16.9. The van der Waals surface area contributed by atoms with Gasteiger partial charge in [-0.1, -0.05) is 32.6 Å². The van der Waals surface area contributed by atoms with Crippen LogP contribution in [-0.4, -0.2) is 49.0 Å². The number of guanidine groups is 1. The maximum absolute atomic E-state index is 12.6. The Labute approximate surface area is 159 Å². The van der Waals surface area contributed by atoms with Gasteiger partial charge in [0.15, 0.2) is 5.96 Å². The number of hydrogen-bond donors (Lipinski definition) is 2. The first-order valence-electron chi connectivity index (χ1n) is 11.0. The van der Waals surface area contributed by atoms with E-state index in [4.69, 9.17) is 4.99 Å². The molecule has 2 saturated carbocycles. The van der Waals surface area contributed by atoms with E-state index in [1.807, 2.05) is 0 Å². The van der Waals surface area contributed by atoms with Gasteiger partial charge in [-0.05, 0) is 50.9 Å². The molecule has 5 nitrogen and oxygen atoms in total. The Morgan fingerprint density at radius 2 is 1.85 bits per heavy atom. The second-order valence-corrected chi connectivity index (χ2v) is 8.65. The summed E-state index contributed by atoms with van der Waals surface area (Å²) in [5.41, 5.74) is 0.419. The van der Waals surface area contributed by atoms with Crippen LogP contribution in [0.3, 0.4) is 0 Å². The predicted molar refractivity (Wildman–Crippen MR) is 107 cm³/mol. The average molecular weight is 363 g/mol. The standard InChI is InChI=1S/C21H38N4O/c1-3-21(12-7-8-13-21)16-23-20(22-4-2)24-18-11-14-25(15-18)19(26)17-9-5-6-10-17/h17-18H,3-16H2,1-2H3,(H2,22,23,24). The Kier molecular flexibility index (Phi) is 6.82. The van der Waals surface area contributed by atoms with E-state index in [1.54, 1.807) is 0 Å². The number of rotatable bonds is 6. The van der Waals surface area contributed by atoms with Gasteiger partial charge in [-0.3, -0.25) is 9.79 Å². The summed E-state index contributed by atoms with van der Waals surface area (Å²) in [6, 6.07) is 0.333. The molecule has 26 heavy (non-hydrogen) atoms. The van der Waals surface area contributed by atoms with E-state index in [0.29, 0.717) is 23.3 Å². The first kappa shape index (κ1) is 19.5. The maximum Gasteiger partial charge on any atom is 0.225 e. The normalized spacial score (nSPS) is 26.5. The number of nitrogens with zero attached hydrogens (tertiary/aromatic N) is 2. The molecule has 0 aromatic heterocycles. The van der Waals surface area contributed by atoms with Crippen LogP contribution < -0.4 is 10.6 Å². The summed E-state index contributed by atoms with van der Waals surface area (Å²) in [6.45, 7) is 7.96. The van der Waals surface area contributed by atoms with Gasteiger partial charge in [0.05, 0.1) is 0 Å². The lowest BCUT2D eigenvalue weighted by atomic mass is 9.84. The zero-order chi connectivity index (χ0) is 18.4. The van der Waals surface area contributed by atoms with Crippen molar-refractivity contribution in [2.24, 2.45) is 16.3 Å². The summed E-state index contributed by atoms with van der Waals surface area (Å²) < 4.78 is 0. The molecular formula is C21H38N4O. The summed E-state index contributed by atoms with van der Waals surface area (Å²) in [5, 5.41) is 7.01. The minimum absolute atomic E-state index is 0.294. The van der Waals surface area contributed by atoms with Crippen LogP contribution in [0.1, 0.15) is 78.1 Å². The topological polar surface area (TPSA) is 56.7 Å². The Hall–Kier alpha value is -1.26. The highest BCUT2D eigenvalue weighted by Crippen LogP contribution is 2.41. The third kappa shape index (κ3) is 4.72. The van der Waals surface area contributed by atoms with Crippen molar-refractivity contribution >= 4 is 11.9 Å². The minimum atomic E-state index is 0.294. The number of carbonyl (C=O) groups excluding carboxylic acids is 1. The molecule has 3 rings (SSSR count). The van der Waals surface area contributed by atoms with Crippen LogP contribution in [0.15, 0.2) is 4.99 Å². The number of carbonyl (C=O) groups is 1. The molecular weight excluding hydrogens is 324 g/mol. The average Bonchev–Trinajstić information content (AvgIpc) is 3.41. The number of likely N-dealkylation sites (tertiary alicyclic amines) is 1. The Bertz CT molecular complexity index is 492. The van der Waals surface area contributed by atoms with Gasteiger partial charge in [0.2, 0.25) is 5.91 Å². The van der Waals surface area contributed by atoms with E-state index < -0.39 is 0 Å². The second-order valence-electron chi connectivity index (χ2n) is 8.65. The third-order valence-electron chi connectivity index (χ3n) is 6.88. The van der Waals surface area contributed by atoms with Crippen molar-refractivity contribution in [3.63, 3.8) is 0 Å². The smallest absolute Gasteiger partial charge is 0.225 e. The molecule has 0 spiro atoms. The lowest BCUT2D eigenvalue weighted by molar-refractivity contribution is -0.134. The largest absolute Gasteiger partial charge is 0.357 e. The SMILES string of the molecule is CCNC(=NCC1(CC)CCCC1)NC1CCN(C(=O)C2CCCC2)C1. The number of amides is 1. The summed E-state index contributed by atoms with van der Waals surface area (Å²) in [7, 11) is 0. The summed E-state index contributed by atoms with van der Waals surface area (Å²) in [4.78, 5) is 19.7. The zero-order valence-corrected chi connectivity index (χ0v) is 16.9. The van der Waals surface area contributed by atoms with Crippen molar-refractivity contribution in [2.75, 3.05) is 26.2 Å². The van der Waals surface area contributed by atoms with Gasteiger partial charge in [-0.2, -0.15) is 0 Å². The number of hydrogen-bond acceptors (Lipinski definition) is 2. The van der Waals surface area contributed by atoms with Crippen molar-refractivity contribution in [2.45, 2.75) is 84.1 Å². The molecule has 1 amide bonds. The van der Waals surface area contributed by atoms with E-state index in [9.17, 15) is 4.79 Å². The highest BCUT2D eigenvalue weighted by molar-refractivity contribution is 5.81. The molecule has 1 heterocycles. The Morgan fingerprint density at radius 3 is 2.50 bits per heavy atom. The highest BCUT2D eigenvalue weighted by atomic mass is 16.2. The van der Waals surface area contributed by atoms with Crippen molar-refractivity contribution in [1.29, 1.82) is 0 Å². The fourth-order valence-corrected chi connectivity index (χ4v) is 5.02. The van der Waals surface area contributed by atoms with Crippen molar-refractivity contribution in [3.8, 4) is 0 Å². The van der Waals surface area contributed by atoms with Gasteiger partial charge in [0.1, 0.15) is 0 Å². The molecule has 0 aromatic carbocycles. The molecule has 1 unspecified atom stereocenters. The molecule has 0 aromatic rings. The van der Waals surface area contributed by atoms with Crippen LogP contribution in [-0.2, 0) is 4.79 Å². The second kappa shape index (κ2) is 9.09. The fourth-order valence-electron chi connectivity index (χ4n) is 5.02. The summed E-state index contributed by atoms with van der Waals surface area (Å²) in [6.07, 6.45) is 12.2. The quantitative estimate of drug-likeness (QED) is 0.563. The molecule has 5 heteroatoms. The van der Waals surface area contributed by atoms with E-state index in [0.717, 1.165) is 51.4 Å². The van der Waals surface area contributed by atoms with E-state index in [1.165, 1.54) is 44.9 Å². The highest BCUT2D eigenvalue weighted by Gasteiger charge is 2.34. The van der Waals surface area contributed by atoms with Crippen molar-refractivity contribution < 1.29 is 4.79 Å². The van der Waals surface area contributed by atoms with Crippen LogP contribution in [0, 0.1) is 11.3 Å². The minimum Gasteiger partial charge on any atom is -0.357 e. The van der Waals surface area contributed by atoms with Gasteiger partial charge in [0, 0.05) is 38.1 Å². The van der Waals surface area contributed by atoms with Crippen molar-refractivity contribution in [1.82, 2.24) is 15.5 Å². The van der Waals surface area contributed by atoms with Crippen LogP contribution in [0.5, 0.6) is 0 Å². The summed E-state index contributed by atoms with van der Waals surface area (Å²) >= 11 is 0. The van der Waals surface area contributed by atoms with Gasteiger partial charge < -0.3 is 15.5 Å². The Balaban J connectivity index is 1.53. The van der Waals surface area contributed by atoms with E-state index in [2.05, 4.69) is 29.4 Å². The van der Waals surface area contributed by atoms with Crippen molar-refractivity contribution in [3.05, 3.63) is 0 Å². The van der Waals surface area contributed by atoms with Crippen LogP contribution in [0.2, 0.25) is 0 Å². The monoisotopic (exact) mass is 362 g/mol. The van der Waals surface area contributed by atoms with Crippen LogP contribution in [0.4, 0.5) is 0 Å². The van der Waals surface area contributed by atoms with Gasteiger partial charge >= 0.3 is 0 Å². The first-order chi connectivity index (χ1) is 12.7. The molecule has 2 aliphatic carbocycles. The van der Waals surface area contributed by atoms with E-state index in [-0.39, 0.29) is 0 Å². The summed E-state index contributed by atoms with van der Waals surface area (Å²) in [5.74, 6) is 1.62. The van der Waals surface area contributed by atoms with Gasteiger partial charge in [0.25, 0.3) is 0 Å². The lowest BCUT2D eigenvalue weighted by Crippen LogP contribution is -2.45. The number of nitrogens with one attached hydrogen (secondary N) is 2. The van der Waals surface area contributed by atoms with Gasteiger partial charge in [-0.25, -0.2) is 0 Å².